The lowest BCUT2D eigenvalue weighted by molar-refractivity contribution is 0.572. The highest BCUT2D eigenvalue weighted by Gasteiger charge is 2.06. The Labute approximate surface area is 131 Å². The van der Waals surface area contributed by atoms with Gasteiger partial charge in [0.25, 0.3) is 0 Å². The van der Waals surface area contributed by atoms with Crippen molar-refractivity contribution in [1.29, 1.82) is 0 Å². The van der Waals surface area contributed by atoms with Crippen molar-refractivity contribution in [2.45, 2.75) is 32.7 Å². The Bertz CT molecular complexity index is 577. The third-order valence-electron chi connectivity index (χ3n) is 3.31. The van der Waals surface area contributed by atoms with Crippen LogP contribution in [-0.4, -0.2) is 24.5 Å². The highest BCUT2D eigenvalue weighted by Crippen LogP contribution is 2.17. The quantitative estimate of drug-likeness (QED) is 0.468. The zero-order chi connectivity index (χ0) is 15.6. The number of hydrogen-bond acceptors (Lipinski definition) is 3. The van der Waals surface area contributed by atoms with E-state index in [1.165, 1.54) is 12.8 Å². The highest BCUT2D eigenvalue weighted by molar-refractivity contribution is 5.79. The Hall–Kier alpha value is -2.30. The number of rotatable bonds is 7. The van der Waals surface area contributed by atoms with Crippen LogP contribution in [0.3, 0.4) is 0 Å². The molecule has 1 aromatic carbocycles. The minimum absolute atomic E-state index is 0.587. The molecular weight excluding hydrogens is 276 g/mol. The number of nitrogens with zero attached hydrogens (tertiary/aromatic N) is 2. The summed E-state index contributed by atoms with van der Waals surface area (Å²) in [4.78, 5) is 8.69. The van der Waals surface area contributed by atoms with Crippen molar-refractivity contribution < 1.29 is 4.42 Å². The first-order chi connectivity index (χ1) is 10.8. The van der Waals surface area contributed by atoms with Crippen LogP contribution in [0.15, 0.2) is 46.0 Å². The fourth-order valence-corrected chi connectivity index (χ4v) is 2.08. The van der Waals surface area contributed by atoms with Gasteiger partial charge in [-0.25, -0.2) is 4.98 Å². The second-order valence-electron chi connectivity index (χ2n) is 5.07. The lowest BCUT2D eigenvalue weighted by atomic mass is 10.2. The summed E-state index contributed by atoms with van der Waals surface area (Å²) in [5.74, 6) is 1.43. The predicted octanol–water partition coefficient (Wildman–Crippen LogP) is 3.20. The summed E-state index contributed by atoms with van der Waals surface area (Å²) >= 11 is 0. The summed E-state index contributed by atoms with van der Waals surface area (Å²) in [5.41, 5.74) is 1.84. The van der Waals surface area contributed by atoms with Crippen molar-refractivity contribution in [3.63, 3.8) is 0 Å². The van der Waals surface area contributed by atoms with Crippen LogP contribution in [0.1, 0.15) is 31.9 Å². The van der Waals surface area contributed by atoms with Gasteiger partial charge in [-0.1, -0.05) is 38.0 Å². The largest absolute Gasteiger partial charge is 0.444 e. The minimum Gasteiger partial charge on any atom is -0.444 e. The lowest BCUT2D eigenvalue weighted by Gasteiger charge is -2.10. The molecule has 0 unspecified atom stereocenters. The molecule has 5 nitrogen and oxygen atoms in total. The van der Waals surface area contributed by atoms with Crippen molar-refractivity contribution >= 4 is 5.96 Å². The average Bonchev–Trinajstić information content (AvgIpc) is 3.04. The topological polar surface area (TPSA) is 62.5 Å². The van der Waals surface area contributed by atoms with Crippen LogP contribution < -0.4 is 10.6 Å². The normalized spacial score (nSPS) is 11.5. The molecule has 0 saturated heterocycles. The van der Waals surface area contributed by atoms with Gasteiger partial charge in [0.15, 0.2) is 5.96 Å². The monoisotopic (exact) mass is 300 g/mol. The zero-order valence-corrected chi connectivity index (χ0v) is 13.3. The summed E-state index contributed by atoms with van der Waals surface area (Å²) in [6.07, 6.45) is 5.28. The van der Waals surface area contributed by atoms with Gasteiger partial charge in [0, 0.05) is 19.2 Å². The average molecular weight is 300 g/mol. The minimum atomic E-state index is 0.587. The molecule has 0 aliphatic heterocycles. The highest BCUT2D eigenvalue weighted by atomic mass is 16.3. The molecule has 0 spiro atoms. The fraction of sp³-hybridized carbons (Fsp3) is 0.412. The van der Waals surface area contributed by atoms with Gasteiger partial charge in [-0.15, -0.1) is 0 Å². The number of oxazole rings is 1. The lowest BCUT2D eigenvalue weighted by Crippen LogP contribution is -2.37. The number of aromatic nitrogens is 1. The molecule has 5 heteroatoms. The maximum atomic E-state index is 5.52. The number of benzene rings is 1. The molecule has 0 aliphatic rings. The first-order valence-electron chi connectivity index (χ1n) is 7.77. The molecule has 2 aromatic rings. The van der Waals surface area contributed by atoms with E-state index in [-0.39, 0.29) is 0 Å². The van der Waals surface area contributed by atoms with E-state index >= 15 is 0 Å². The maximum Gasteiger partial charge on any atom is 0.226 e. The van der Waals surface area contributed by atoms with E-state index in [1.54, 1.807) is 13.3 Å². The number of hydrogen-bond donors (Lipinski definition) is 2. The van der Waals surface area contributed by atoms with Crippen molar-refractivity contribution in [3.8, 4) is 11.5 Å². The smallest absolute Gasteiger partial charge is 0.226 e. The SMILES string of the molecule is CCCCCNC(=NC)NCc1coc(-c2ccccc2)n1. The van der Waals surface area contributed by atoms with Gasteiger partial charge in [0.1, 0.15) is 6.26 Å². The molecule has 0 radical (unpaired) electrons. The molecule has 22 heavy (non-hydrogen) atoms. The standard InChI is InChI=1S/C17H24N4O/c1-3-4-8-11-19-17(18-2)20-12-15-13-22-16(21-15)14-9-6-5-7-10-14/h5-7,9-10,13H,3-4,8,11-12H2,1-2H3,(H2,18,19,20). The predicted molar refractivity (Wildman–Crippen MR) is 89.7 cm³/mol. The molecule has 1 aromatic heterocycles. The Morgan fingerprint density at radius 1 is 1.18 bits per heavy atom. The van der Waals surface area contributed by atoms with Crippen LogP contribution in [0.2, 0.25) is 0 Å². The van der Waals surface area contributed by atoms with E-state index in [2.05, 4.69) is 27.5 Å². The van der Waals surface area contributed by atoms with Crippen molar-refractivity contribution in [2.75, 3.05) is 13.6 Å². The van der Waals surface area contributed by atoms with Gasteiger partial charge >= 0.3 is 0 Å². The third kappa shape index (κ3) is 4.91. The van der Waals surface area contributed by atoms with Gasteiger partial charge in [-0.2, -0.15) is 0 Å². The van der Waals surface area contributed by atoms with Gasteiger partial charge in [-0.3, -0.25) is 4.99 Å². The zero-order valence-electron chi connectivity index (χ0n) is 13.3. The van der Waals surface area contributed by atoms with Gasteiger partial charge < -0.3 is 15.1 Å². The summed E-state index contributed by atoms with van der Waals surface area (Å²) < 4.78 is 5.52. The Balaban J connectivity index is 1.82. The third-order valence-corrected chi connectivity index (χ3v) is 3.31. The van der Waals surface area contributed by atoms with Crippen LogP contribution in [-0.2, 0) is 6.54 Å². The Kier molecular flexibility index (Phi) is 6.48. The van der Waals surface area contributed by atoms with Crippen LogP contribution in [0.5, 0.6) is 0 Å². The van der Waals surface area contributed by atoms with Crippen LogP contribution in [0, 0.1) is 0 Å². The Morgan fingerprint density at radius 3 is 2.73 bits per heavy atom. The van der Waals surface area contributed by atoms with Crippen LogP contribution in [0.25, 0.3) is 11.5 Å². The molecule has 0 amide bonds. The molecular formula is C17H24N4O. The number of nitrogens with one attached hydrogen (secondary N) is 2. The summed E-state index contributed by atoms with van der Waals surface area (Å²) in [5, 5.41) is 6.54. The molecule has 0 atom stereocenters. The van der Waals surface area contributed by atoms with Gasteiger partial charge in [0.2, 0.25) is 5.89 Å². The van der Waals surface area contributed by atoms with E-state index in [0.717, 1.165) is 30.2 Å². The first kappa shape index (κ1) is 16.1. The molecule has 2 rings (SSSR count). The van der Waals surface area contributed by atoms with Crippen LogP contribution >= 0.6 is 0 Å². The summed E-state index contributed by atoms with van der Waals surface area (Å²) in [6.45, 7) is 3.72. The van der Waals surface area contributed by atoms with E-state index in [4.69, 9.17) is 4.42 Å². The second kappa shape index (κ2) is 8.87. The summed E-state index contributed by atoms with van der Waals surface area (Å²) in [7, 11) is 1.77. The number of aliphatic imine (C=N–C) groups is 1. The van der Waals surface area contributed by atoms with Crippen molar-refractivity contribution in [3.05, 3.63) is 42.3 Å². The van der Waals surface area contributed by atoms with Crippen molar-refractivity contribution in [2.24, 2.45) is 4.99 Å². The molecule has 0 fully saturated rings. The molecule has 118 valence electrons. The maximum absolute atomic E-state index is 5.52. The number of guanidine groups is 1. The first-order valence-corrected chi connectivity index (χ1v) is 7.77. The molecule has 0 saturated carbocycles. The fourth-order valence-electron chi connectivity index (χ4n) is 2.08. The van der Waals surface area contributed by atoms with E-state index in [0.29, 0.717) is 12.4 Å². The van der Waals surface area contributed by atoms with E-state index < -0.39 is 0 Å². The van der Waals surface area contributed by atoms with Gasteiger partial charge in [-0.05, 0) is 18.6 Å². The van der Waals surface area contributed by atoms with Gasteiger partial charge in [0.05, 0.1) is 12.2 Å². The van der Waals surface area contributed by atoms with Crippen molar-refractivity contribution in [1.82, 2.24) is 15.6 Å². The molecule has 1 heterocycles. The Morgan fingerprint density at radius 2 is 2.00 bits per heavy atom. The second-order valence-corrected chi connectivity index (χ2v) is 5.07. The molecule has 0 bridgehead atoms. The molecule has 0 aliphatic carbocycles. The summed E-state index contributed by atoms with van der Waals surface area (Å²) in [6, 6.07) is 9.89. The van der Waals surface area contributed by atoms with E-state index in [1.807, 2.05) is 30.3 Å². The van der Waals surface area contributed by atoms with E-state index in [9.17, 15) is 0 Å². The molecule has 2 N–H and O–H groups in total. The van der Waals surface area contributed by atoms with Crippen LogP contribution in [0.4, 0.5) is 0 Å². The number of unbranched alkanes of at least 4 members (excludes halogenated alkanes) is 2.